The van der Waals surface area contributed by atoms with Gasteiger partial charge in [0, 0.05) is 23.6 Å². The lowest BCUT2D eigenvalue weighted by atomic mass is 10.0. The number of rotatable bonds is 4. The highest BCUT2D eigenvalue weighted by atomic mass is 16.5. The molecule has 1 aliphatic heterocycles. The molecule has 1 unspecified atom stereocenters. The molecule has 1 saturated heterocycles. The monoisotopic (exact) mass is 334 g/mol. The van der Waals surface area contributed by atoms with E-state index in [2.05, 4.69) is 23.2 Å². The highest BCUT2D eigenvalue weighted by Gasteiger charge is 2.30. The average molecular weight is 334 g/mol. The number of hydrogen-bond donors (Lipinski definition) is 1. The van der Waals surface area contributed by atoms with Gasteiger partial charge in [0.15, 0.2) is 0 Å². The van der Waals surface area contributed by atoms with Crippen molar-refractivity contribution in [3.63, 3.8) is 0 Å². The van der Waals surface area contributed by atoms with Crippen molar-refractivity contribution >= 4 is 16.8 Å². The molecule has 1 fully saturated rings. The molecule has 0 aliphatic carbocycles. The van der Waals surface area contributed by atoms with E-state index in [1.54, 1.807) is 7.11 Å². The SMILES string of the molecule is COc1ccc(C2CCCN2C(=O)Cc2c[nH]c3ccccc23)cc1. The van der Waals surface area contributed by atoms with Gasteiger partial charge in [-0.1, -0.05) is 30.3 Å². The Hall–Kier alpha value is -2.75. The van der Waals surface area contributed by atoms with Gasteiger partial charge in [0.05, 0.1) is 19.6 Å². The van der Waals surface area contributed by atoms with Crippen LogP contribution < -0.4 is 4.74 Å². The highest BCUT2D eigenvalue weighted by Crippen LogP contribution is 2.33. The van der Waals surface area contributed by atoms with E-state index in [1.165, 1.54) is 5.56 Å². The molecular weight excluding hydrogens is 312 g/mol. The minimum absolute atomic E-state index is 0.170. The summed E-state index contributed by atoms with van der Waals surface area (Å²) in [6.07, 6.45) is 4.47. The minimum atomic E-state index is 0.170. The van der Waals surface area contributed by atoms with Gasteiger partial charge in [-0.25, -0.2) is 0 Å². The number of ether oxygens (including phenoxy) is 1. The van der Waals surface area contributed by atoms with Crippen molar-refractivity contribution in [3.8, 4) is 5.75 Å². The van der Waals surface area contributed by atoms with Crippen LogP contribution in [0.25, 0.3) is 10.9 Å². The number of fused-ring (bicyclic) bond motifs is 1. The topological polar surface area (TPSA) is 45.3 Å². The number of aromatic amines is 1. The zero-order valence-electron chi connectivity index (χ0n) is 14.4. The van der Waals surface area contributed by atoms with Crippen molar-refractivity contribution in [1.29, 1.82) is 0 Å². The number of para-hydroxylation sites is 1. The van der Waals surface area contributed by atoms with Gasteiger partial charge in [-0.3, -0.25) is 4.79 Å². The number of aromatic nitrogens is 1. The maximum absolute atomic E-state index is 13.0. The first kappa shape index (κ1) is 15.8. The average Bonchev–Trinajstić information content (AvgIpc) is 3.29. The zero-order chi connectivity index (χ0) is 17.2. The maximum atomic E-state index is 13.0. The van der Waals surface area contributed by atoms with Gasteiger partial charge in [0.25, 0.3) is 0 Å². The molecule has 0 radical (unpaired) electrons. The molecule has 1 amide bonds. The molecule has 1 N–H and O–H groups in total. The molecule has 1 aliphatic rings. The maximum Gasteiger partial charge on any atom is 0.227 e. The van der Waals surface area contributed by atoms with Gasteiger partial charge in [-0.05, 0) is 42.2 Å². The Morgan fingerprint density at radius 3 is 2.80 bits per heavy atom. The number of hydrogen-bond acceptors (Lipinski definition) is 2. The van der Waals surface area contributed by atoms with Gasteiger partial charge in [-0.15, -0.1) is 0 Å². The third-order valence-corrected chi connectivity index (χ3v) is 5.09. The number of nitrogens with one attached hydrogen (secondary N) is 1. The van der Waals surface area contributed by atoms with Crippen molar-refractivity contribution in [2.75, 3.05) is 13.7 Å². The summed E-state index contributed by atoms with van der Waals surface area (Å²) >= 11 is 0. The molecule has 2 heterocycles. The van der Waals surface area contributed by atoms with Crippen LogP contribution in [0.5, 0.6) is 5.75 Å². The predicted molar refractivity (Wildman–Crippen MR) is 98.7 cm³/mol. The molecule has 2 aromatic carbocycles. The molecule has 4 nitrogen and oxygen atoms in total. The molecule has 25 heavy (non-hydrogen) atoms. The summed E-state index contributed by atoms with van der Waals surface area (Å²) in [4.78, 5) is 18.2. The second-order valence-corrected chi connectivity index (χ2v) is 6.55. The van der Waals surface area contributed by atoms with E-state index in [9.17, 15) is 4.79 Å². The number of nitrogens with zero attached hydrogens (tertiary/aromatic N) is 1. The van der Waals surface area contributed by atoms with Gasteiger partial charge in [-0.2, -0.15) is 0 Å². The van der Waals surface area contributed by atoms with Crippen LogP contribution >= 0.6 is 0 Å². The van der Waals surface area contributed by atoms with Crippen molar-refractivity contribution in [3.05, 3.63) is 65.9 Å². The summed E-state index contributed by atoms with van der Waals surface area (Å²) in [5, 5.41) is 1.14. The van der Waals surface area contributed by atoms with Gasteiger partial charge < -0.3 is 14.6 Å². The molecule has 4 rings (SSSR count). The summed E-state index contributed by atoms with van der Waals surface area (Å²) in [5.41, 5.74) is 3.34. The molecule has 0 bridgehead atoms. The molecule has 1 atom stereocenters. The Morgan fingerprint density at radius 1 is 1.20 bits per heavy atom. The van der Waals surface area contributed by atoms with E-state index in [1.807, 2.05) is 41.4 Å². The van der Waals surface area contributed by atoms with E-state index in [4.69, 9.17) is 4.74 Å². The van der Waals surface area contributed by atoms with Crippen molar-refractivity contribution in [1.82, 2.24) is 9.88 Å². The first-order valence-corrected chi connectivity index (χ1v) is 8.74. The Kier molecular flexibility index (Phi) is 4.18. The van der Waals surface area contributed by atoms with E-state index in [0.717, 1.165) is 41.6 Å². The summed E-state index contributed by atoms with van der Waals surface area (Å²) in [6, 6.07) is 16.4. The largest absolute Gasteiger partial charge is 0.497 e. The highest BCUT2D eigenvalue weighted by molar-refractivity contribution is 5.89. The van der Waals surface area contributed by atoms with Crippen molar-refractivity contribution in [2.45, 2.75) is 25.3 Å². The summed E-state index contributed by atoms with van der Waals surface area (Å²) in [6.45, 7) is 0.831. The van der Waals surface area contributed by atoms with Gasteiger partial charge in [0.2, 0.25) is 5.91 Å². The minimum Gasteiger partial charge on any atom is -0.497 e. The standard InChI is InChI=1S/C21H22N2O2/c1-25-17-10-8-15(9-11-17)20-7-4-12-23(20)21(24)13-16-14-22-19-6-3-2-5-18(16)19/h2-3,5-6,8-11,14,20,22H,4,7,12-13H2,1H3. The molecule has 3 aromatic rings. The Morgan fingerprint density at radius 2 is 2.00 bits per heavy atom. The third kappa shape index (κ3) is 3.00. The van der Waals surface area contributed by atoms with E-state index in [-0.39, 0.29) is 11.9 Å². The lowest BCUT2D eigenvalue weighted by molar-refractivity contribution is -0.131. The normalized spacial score (nSPS) is 17.2. The molecule has 4 heteroatoms. The zero-order valence-corrected chi connectivity index (χ0v) is 14.4. The Labute approximate surface area is 147 Å². The first-order valence-electron chi connectivity index (χ1n) is 8.74. The van der Waals surface area contributed by atoms with Crippen LogP contribution in [0.15, 0.2) is 54.7 Å². The molecule has 0 saturated carbocycles. The molecule has 128 valence electrons. The van der Waals surface area contributed by atoms with E-state index < -0.39 is 0 Å². The van der Waals surface area contributed by atoms with Crippen molar-refractivity contribution in [2.24, 2.45) is 0 Å². The van der Waals surface area contributed by atoms with Crippen LogP contribution in [-0.2, 0) is 11.2 Å². The third-order valence-electron chi connectivity index (χ3n) is 5.09. The number of methoxy groups -OCH3 is 1. The Balaban J connectivity index is 1.54. The van der Waals surface area contributed by atoms with Gasteiger partial charge >= 0.3 is 0 Å². The Bertz CT molecular complexity index is 882. The predicted octanol–water partition coefficient (Wildman–Crippen LogP) is 4.08. The smallest absolute Gasteiger partial charge is 0.227 e. The van der Waals surface area contributed by atoms with E-state index in [0.29, 0.717) is 6.42 Å². The number of H-pyrrole nitrogens is 1. The summed E-state index contributed by atoms with van der Waals surface area (Å²) in [5.74, 6) is 1.04. The fourth-order valence-corrected chi connectivity index (χ4v) is 3.78. The lowest BCUT2D eigenvalue weighted by Gasteiger charge is -2.25. The molecule has 0 spiro atoms. The quantitative estimate of drug-likeness (QED) is 0.781. The fraction of sp³-hybridized carbons (Fsp3) is 0.286. The number of carbonyl (C=O) groups excluding carboxylic acids is 1. The molecular formula is C21H22N2O2. The van der Waals surface area contributed by atoms with Crippen LogP contribution in [0.3, 0.4) is 0 Å². The number of likely N-dealkylation sites (tertiary alicyclic amines) is 1. The van der Waals surface area contributed by atoms with Crippen LogP contribution in [0, 0.1) is 0 Å². The fourth-order valence-electron chi connectivity index (χ4n) is 3.78. The van der Waals surface area contributed by atoms with E-state index >= 15 is 0 Å². The second-order valence-electron chi connectivity index (χ2n) is 6.55. The summed E-state index contributed by atoms with van der Waals surface area (Å²) < 4.78 is 5.23. The summed E-state index contributed by atoms with van der Waals surface area (Å²) in [7, 11) is 1.67. The number of amides is 1. The van der Waals surface area contributed by atoms with Gasteiger partial charge in [0.1, 0.15) is 5.75 Å². The van der Waals surface area contributed by atoms with Crippen LogP contribution in [0.4, 0.5) is 0 Å². The molecule has 1 aromatic heterocycles. The lowest BCUT2D eigenvalue weighted by Crippen LogP contribution is -2.31. The number of carbonyl (C=O) groups is 1. The van der Waals surface area contributed by atoms with Crippen LogP contribution in [0.2, 0.25) is 0 Å². The second kappa shape index (κ2) is 6.63. The first-order chi connectivity index (χ1) is 12.3. The van der Waals surface area contributed by atoms with Crippen LogP contribution in [-0.4, -0.2) is 29.4 Å². The number of benzene rings is 2. The van der Waals surface area contributed by atoms with Crippen LogP contribution in [0.1, 0.15) is 30.0 Å². The van der Waals surface area contributed by atoms with Crippen molar-refractivity contribution < 1.29 is 9.53 Å².